The van der Waals surface area contributed by atoms with Gasteiger partial charge in [-0.3, -0.25) is 4.79 Å². The summed E-state index contributed by atoms with van der Waals surface area (Å²) in [6.45, 7) is 8.40. The molecular formula is C28H40O9. The highest BCUT2D eigenvalue weighted by Gasteiger charge is 2.86. The number of aliphatic hydroxyl groups excluding tert-OH is 2. The van der Waals surface area contributed by atoms with Gasteiger partial charge in [-0.2, -0.15) is 0 Å². The summed E-state index contributed by atoms with van der Waals surface area (Å²) < 4.78 is 11.7. The standard InChI is InChI=1S/C28H40O9/c1-13-10-20(36-22(32)14(13)2)25(5,33)26(34)12-19(31)27(35)16-11-21-28(37-21)18(30)7-6-17(29)24(28,4)15(16)8-9-23(26,27)3/h15-16,18-21,30-31,33-35H,6-12H2,1-5H3/t15-,16+,18-,19-,20?,21+,23+,24-,25-,26-,27-,28+/m0/s1. The number of rotatable bonds is 2. The van der Waals surface area contributed by atoms with Gasteiger partial charge in [-0.15, -0.1) is 0 Å². The molecule has 1 spiro atoms. The largest absolute Gasteiger partial charge is 0.455 e. The summed E-state index contributed by atoms with van der Waals surface area (Å²) in [6, 6.07) is 0. The zero-order chi connectivity index (χ0) is 27.1. The first kappa shape index (κ1) is 25.9. The zero-order valence-electron chi connectivity index (χ0n) is 22.3. The summed E-state index contributed by atoms with van der Waals surface area (Å²) in [5.41, 5.74) is -7.94. The Morgan fingerprint density at radius 2 is 1.70 bits per heavy atom. The molecule has 206 valence electrons. The van der Waals surface area contributed by atoms with Crippen LogP contribution in [0.1, 0.15) is 79.6 Å². The lowest BCUT2D eigenvalue weighted by molar-refractivity contribution is -0.288. The Morgan fingerprint density at radius 1 is 1.03 bits per heavy atom. The Balaban J connectivity index is 1.42. The lowest BCUT2D eigenvalue weighted by Crippen LogP contribution is -2.74. The number of epoxide rings is 1. The number of hydrogen-bond acceptors (Lipinski definition) is 9. The molecule has 2 aliphatic heterocycles. The number of cyclic esters (lactones) is 1. The normalized spacial score (nSPS) is 56.5. The molecule has 0 aromatic rings. The molecule has 2 heterocycles. The molecule has 4 saturated carbocycles. The average molecular weight is 521 g/mol. The molecular weight excluding hydrogens is 480 g/mol. The van der Waals surface area contributed by atoms with Crippen LogP contribution in [0.25, 0.3) is 0 Å². The molecule has 5 fully saturated rings. The van der Waals surface area contributed by atoms with Crippen molar-refractivity contribution in [2.24, 2.45) is 22.7 Å². The van der Waals surface area contributed by atoms with Crippen LogP contribution in [0.2, 0.25) is 0 Å². The van der Waals surface area contributed by atoms with E-state index in [1.54, 1.807) is 20.8 Å². The van der Waals surface area contributed by atoms with E-state index in [4.69, 9.17) is 9.47 Å². The van der Waals surface area contributed by atoms with E-state index in [0.717, 1.165) is 5.57 Å². The van der Waals surface area contributed by atoms with Gasteiger partial charge in [-0.05, 0) is 65.2 Å². The van der Waals surface area contributed by atoms with E-state index in [1.807, 2.05) is 6.92 Å². The fraction of sp³-hybridized carbons (Fsp3) is 0.857. The van der Waals surface area contributed by atoms with Crippen LogP contribution in [0.3, 0.4) is 0 Å². The quantitative estimate of drug-likeness (QED) is 0.264. The number of Topliss-reactive ketones (excluding diaryl/α,β-unsaturated/α-hetero) is 1. The number of ketones is 1. The second kappa shape index (κ2) is 7.23. The fourth-order valence-corrected chi connectivity index (χ4v) is 9.83. The van der Waals surface area contributed by atoms with E-state index in [-0.39, 0.29) is 37.4 Å². The molecule has 6 rings (SSSR count). The van der Waals surface area contributed by atoms with Gasteiger partial charge in [0.1, 0.15) is 34.3 Å². The van der Waals surface area contributed by atoms with Crippen LogP contribution in [0.4, 0.5) is 0 Å². The molecule has 9 heteroatoms. The molecule has 1 saturated heterocycles. The van der Waals surface area contributed by atoms with Gasteiger partial charge in [0.25, 0.3) is 0 Å². The summed E-state index contributed by atoms with van der Waals surface area (Å²) in [5.74, 6) is -1.52. The summed E-state index contributed by atoms with van der Waals surface area (Å²) in [7, 11) is 0. The average Bonchev–Trinajstić information content (AvgIpc) is 3.54. The fourth-order valence-electron chi connectivity index (χ4n) is 9.83. The second-order valence-corrected chi connectivity index (χ2v) is 13.5. The lowest BCUT2D eigenvalue weighted by atomic mass is 9.41. The van der Waals surface area contributed by atoms with Gasteiger partial charge < -0.3 is 35.0 Å². The zero-order valence-corrected chi connectivity index (χ0v) is 22.3. The molecule has 0 amide bonds. The number of esters is 1. The van der Waals surface area contributed by atoms with E-state index >= 15 is 0 Å². The summed E-state index contributed by atoms with van der Waals surface area (Å²) in [5, 5.41) is 59.2. The number of ether oxygens (including phenoxy) is 2. The molecule has 37 heavy (non-hydrogen) atoms. The third-order valence-electron chi connectivity index (χ3n) is 12.5. The number of carbonyl (C=O) groups is 2. The summed E-state index contributed by atoms with van der Waals surface area (Å²) in [4.78, 5) is 25.9. The van der Waals surface area contributed by atoms with E-state index < -0.39 is 69.5 Å². The minimum absolute atomic E-state index is 0.00342. The number of fused-ring (bicyclic) bond motifs is 4. The summed E-state index contributed by atoms with van der Waals surface area (Å²) >= 11 is 0. The molecule has 4 aliphatic carbocycles. The predicted octanol–water partition coefficient (Wildman–Crippen LogP) is 0.920. The van der Waals surface area contributed by atoms with E-state index in [0.29, 0.717) is 24.8 Å². The van der Waals surface area contributed by atoms with Gasteiger partial charge in [-0.25, -0.2) is 4.79 Å². The number of carbonyl (C=O) groups excluding carboxylic acids is 2. The first-order valence-corrected chi connectivity index (χ1v) is 13.7. The van der Waals surface area contributed by atoms with Gasteiger partial charge in [-0.1, -0.05) is 12.5 Å². The highest BCUT2D eigenvalue weighted by atomic mass is 16.6. The molecule has 6 aliphatic rings. The van der Waals surface area contributed by atoms with Crippen molar-refractivity contribution in [3.63, 3.8) is 0 Å². The van der Waals surface area contributed by atoms with Crippen molar-refractivity contribution in [3.05, 3.63) is 11.1 Å². The van der Waals surface area contributed by atoms with Crippen LogP contribution in [0.5, 0.6) is 0 Å². The Morgan fingerprint density at radius 3 is 2.35 bits per heavy atom. The maximum atomic E-state index is 13.4. The molecule has 1 unspecified atom stereocenters. The van der Waals surface area contributed by atoms with Crippen LogP contribution < -0.4 is 0 Å². The van der Waals surface area contributed by atoms with Crippen molar-refractivity contribution < 1.29 is 44.6 Å². The third-order valence-corrected chi connectivity index (χ3v) is 12.5. The van der Waals surface area contributed by atoms with E-state index in [9.17, 15) is 35.1 Å². The Hall–Kier alpha value is -1.36. The molecule has 5 N–H and O–H groups in total. The van der Waals surface area contributed by atoms with Gasteiger partial charge in [0.15, 0.2) is 0 Å². The first-order valence-electron chi connectivity index (χ1n) is 13.7. The third kappa shape index (κ3) is 2.58. The van der Waals surface area contributed by atoms with Gasteiger partial charge in [0.05, 0.1) is 23.7 Å². The van der Waals surface area contributed by atoms with Crippen LogP contribution in [-0.4, -0.2) is 84.1 Å². The minimum atomic E-state index is -1.99. The van der Waals surface area contributed by atoms with Crippen molar-refractivity contribution in [2.45, 2.75) is 126 Å². The maximum Gasteiger partial charge on any atom is 0.334 e. The summed E-state index contributed by atoms with van der Waals surface area (Å²) in [6.07, 6.45) is -2.14. The van der Waals surface area contributed by atoms with Crippen molar-refractivity contribution in [1.29, 1.82) is 0 Å². The molecule has 12 atom stereocenters. The van der Waals surface area contributed by atoms with Crippen molar-refractivity contribution >= 4 is 11.8 Å². The van der Waals surface area contributed by atoms with Gasteiger partial charge in [0.2, 0.25) is 0 Å². The van der Waals surface area contributed by atoms with Crippen molar-refractivity contribution in [2.75, 3.05) is 0 Å². The van der Waals surface area contributed by atoms with Gasteiger partial charge in [0, 0.05) is 30.3 Å². The Kier molecular flexibility index (Phi) is 5.06. The maximum absolute atomic E-state index is 13.4. The first-order chi connectivity index (χ1) is 17.0. The Bertz CT molecular complexity index is 1110. The van der Waals surface area contributed by atoms with Crippen LogP contribution >= 0.6 is 0 Å². The topological polar surface area (TPSA) is 157 Å². The van der Waals surface area contributed by atoms with Gasteiger partial charge >= 0.3 is 5.97 Å². The van der Waals surface area contributed by atoms with Crippen LogP contribution in [0.15, 0.2) is 11.1 Å². The van der Waals surface area contributed by atoms with Crippen LogP contribution in [-0.2, 0) is 19.1 Å². The smallest absolute Gasteiger partial charge is 0.334 e. The SMILES string of the molecule is CC1=C(C)C(=O)OC([C@](C)(O)[C@]2(O)C[C@H](O)[C@@]3(O)[C@@H]4C[C@H]5O[C@]56[C@@H](O)CCC(=O)[C@]6(C)[C@H]4CC[C@@]32C)C1. The van der Waals surface area contributed by atoms with Crippen molar-refractivity contribution in [3.8, 4) is 0 Å². The highest BCUT2D eigenvalue weighted by Crippen LogP contribution is 2.75. The minimum Gasteiger partial charge on any atom is -0.455 e. The molecule has 0 aromatic heterocycles. The molecule has 0 bridgehead atoms. The van der Waals surface area contributed by atoms with Crippen molar-refractivity contribution in [1.82, 2.24) is 0 Å². The highest BCUT2D eigenvalue weighted by molar-refractivity contribution is 5.90. The second-order valence-electron chi connectivity index (χ2n) is 13.5. The van der Waals surface area contributed by atoms with Crippen LogP contribution in [0, 0.1) is 22.7 Å². The predicted molar refractivity (Wildman–Crippen MR) is 129 cm³/mol. The van der Waals surface area contributed by atoms with E-state index in [1.165, 1.54) is 6.92 Å². The monoisotopic (exact) mass is 520 g/mol. The molecule has 0 aromatic carbocycles. The number of hydrogen-bond donors (Lipinski definition) is 5. The Labute approximate surface area is 216 Å². The number of aliphatic hydroxyl groups is 5. The molecule has 0 radical (unpaired) electrons. The lowest BCUT2D eigenvalue weighted by Gasteiger charge is -2.64. The molecule has 9 nitrogen and oxygen atoms in total. The van der Waals surface area contributed by atoms with E-state index in [2.05, 4.69) is 0 Å².